The topological polar surface area (TPSA) is 41.6 Å². The van der Waals surface area contributed by atoms with Crippen LogP contribution in [-0.4, -0.2) is 38.3 Å². The van der Waals surface area contributed by atoms with Crippen LogP contribution in [0.25, 0.3) is 0 Å². The normalized spacial score (nSPS) is 24.2. The lowest BCUT2D eigenvalue weighted by Crippen LogP contribution is -2.33. The number of carbonyl (C=O) groups excluding carboxylic acids is 1. The molecule has 1 N–H and O–H groups in total. The molecule has 0 saturated carbocycles. The second-order valence-corrected chi connectivity index (χ2v) is 7.11. The van der Waals surface area contributed by atoms with Crippen molar-refractivity contribution in [2.45, 2.75) is 38.7 Å². The highest BCUT2D eigenvalue weighted by Crippen LogP contribution is 2.29. The molecule has 5 heteroatoms. The number of ether oxygens (including phenoxy) is 1. The van der Waals surface area contributed by atoms with Crippen LogP contribution in [0.3, 0.4) is 0 Å². The third kappa shape index (κ3) is 4.39. The first-order valence-electron chi connectivity index (χ1n) is 8.51. The second kappa shape index (κ2) is 7.54. The number of rotatable bonds is 5. The van der Waals surface area contributed by atoms with Gasteiger partial charge in [-0.05, 0) is 49.8 Å². The van der Waals surface area contributed by atoms with Crippen LogP contribution in [0.2, 0.25) is 5.02 Å². The van der Waals surface area contributed by atoms with Crippen LogP contribution in [0.5, 0.6) is 0 Å². The molecule has 0 spiro atoms. The van der Waals surface area contributed by atoms with E-state index in [1.165, 1.54) is 11.3 Å². The standard InChI is InChI=1S/C18H25ClN2O2/c1-13-4-5-15(19)9-17(13)21-7-6-14(12-21)11-20-18(22)10-16-3-2-8-23-16/h4-5,9,14,16H,2-3,6-8,10-12H2,1H3,(H,20,22)/t14-,16+/m0/s1. The van der Waals surface area contributed by atoms with Gasteiger partial charge in [-0.15, -0.1) is 0 Å². The van der Waals surface area contributed by atoms with E-state index in [9.17, 15) is 4.79 Å². The van der Waals surface area contributed by atoms with Crippen LogP contribution in [-0.2, 0) is 9.53 Å². The van der Waals surface area contributed by atoms with Crippen LogP contribution in [0, 0.1) is 12.8 Å². The van der Waals surface area contributed by atoms with Crippen molar-refractivity contribution in [1.29, 1.82) is 0 Å². The molecular formula is C18H25ClN2O2. The maximum atomic E-state index is 12.0. The smallest absolute Gasteiger partial charge is 0.222 e. The van der Waals surface area contributed by atoms with Crippen molar-refractivity contribution in [3.8, 4) is 0 Å². The maximum absolute atomic E-state index is 12.0. The van der Waals surface area contributed by atoms with Crippen LogP contribution in [0.15, 0.2) is 18.2 Å². The van der Waals surface area contributed by atoms with Crippen molar-refractivity contribution in [3.63, 3.8) is 0 Å². The van der Waals surface area contributed by atoms with Crippen molar-refractivity contribution in [3.05, 3.63) is 28.8 Å². The molecule has 23 heavy (non-hydrogen) atoms. The summed E-state index contributed by atoms with van der Waals surface area (Å²) in [5, 5.41) is 3.85. The van der Waals surface area contributed by atoms with Crippen molar-refractivity contribution in [2.75, 3.05) is 31.1 Å². The van der Waals surface area contributed by atoms with E-state index >= 15 is 0 Å². The predicted molar refractivity (Wildman–Crippen MR) is 93.1 cm³/mol. The van der Waals surface area contributed by atoms with E-state index < -0.39 is 0 Å². The molecular weight excluding hydrogens is 312 g/mol. The van der Waals surface area contributed by atoms with Crippen LogP contribution in [0.4, 0.5) is 5.69 Å². The number of amides is 1. The van der Waals surface area contributed by atoms with Crippen molar-refractivity contribution in [2.24, 2.45) is 5.92 Å². The van der Waals surface area contributed by atoms with E-state index in [2.05, 4.69) is 23.2 Å². The van der Waals surface area contributed by atoms with Gasteiger partial charge in [0.05, 0.1) is 12.5 Å². The Morgan fingerprint density at radius 3 is 3.09 bits per heavy atom. The maximum Gasteiger partial charge on any atom is 0.222 e. The fourth-order valence-corrected chi connectivity index (χ4v) is 3.65. The zero-order valence-electron chi connectivity index (χ0n) is 13.7. The monoisotopic (exact) mass is 336 g/mol. The highest BCUT2D eigenvalue weighted by atomic mass is 35.5. The molecule has 2 heterocycles. The molecule has 0 bridgehead atoms. The van der Waals surface area contributed by atoms with Gasteiger partial charge in [-0.3, -0.25) is 4.79 Å². The quantitative estimate of drug-likeness (QED) is 0.898. The van der Waals surface area contributed by atoms with Crippen LogP contribution in [0.1, 0.15) is 31.2 Å². The van der Waals surface area contributed by atoms with E-state index in [0.717, 1.165) is 50.5 Å². The Morgan fingerprint density at radius 1 is 1.43 bits per heavy atom. The first-order chi connectivity index (χ1) is 11.1. The molecule has 1 aromatic rings. The molecule has 2 aliphatic heterocycles. The summed E-state index contributed by atoms with van der Waals surface area (Å²) in [5.74, 6) is 0.621. The first kappa shape index (κ1) is 16.6. The molecule has 2 aliphatic rings. The molecule has 0 aromatic heterocycles. The second-order valence-electron chi connectivity index (χ2n) is 6.67. The van der Waals surface area contributed by atoms with E-state index in [4.69, 9.17) is 16.3 Å². The summed E-state index contributed by atoms with van der Waals surface area (Å²) in [6, 6.07) is 6.03. The van der Waals surface area contributed by atoms with Gasteiger partial charge in [0, 0.05) is 37.0 Å². The summed E-state index contributed by atoms with van der Waals surface area (Å²) < 4.78 is 5.51. The Kier molecular flexibility index (Phi) is 5.44. The van der Waals surface area contributed by atoms with Gasteiger partial charge in [0.2, 0.25) is 5.91 Å². The molecule has 1 amide bonds. The van der Waals surface area contributed by atoms with Crippen molar-refractivity contribution in [1.82, 2.24) is 5.32 Å². The van der Waals surface area contributed by atoms with Gasteiger partial charge in [-0.2, -0.15) is 0 Å². The van der Waals surface area contributed by atoms with Gasteiger partial charge < -0.3 is 15.0 Å². The van der Waals surface area contributed by atoms with Crippen LogP contribution >= 0.6 is 11.6 Å². The SMILES string of the molecule is Cc1ccc(Cl)cc1N1CC[C@@H](CNC(=O)C[C@H]2CCCO2)C1. The number of nitrogens with one attached hydrogen (secondary N) is 1. The molecule has 2 fully saturated rings. The minimum absolute atomic E-state index is 0.120. The third-order valence-electron chi connectivity index (χ3n) is 4.82. The van der Waals surface area contributed by atoms with Gasteiger partial charge >= 0.3 is 0 Å². The minimum Gasteiger partial charge on any atom is -0.378 e. The lowest BCUT2D eigenvalue weighted by atomic mass is 10.1. The first-order valence-corrected chi connectivity index (χ1v) is 8.89. The van der Waals surface area contributed by atoms with Gasteiger partial charge in [0.1, 0.15) is 0 Å². The highest BCUT2D eigenvalue weighted by Gasteiger charge is 2.25. The van der Waals surface area contributed by atoms with E-state index in [0.29, 0.717) is 12.3 Å². The highest BCUT2D eigenvalue weighted by molar-refractivity contribution is 6.30. The average molecular weight is 337 g/mol. The Morgan fingerprint density at radius 2 is 2.30 bits per heavy atom. The lowest BCUT2D eigenvalue weighted by Gasteiger charge is -2.21. The fourth-order valence-electron chi connectivity index (χ4n) is 3.48. The molecule has 2 saturated heterocycles. The Labute approximate surface area is 143 Å². The molecule has 0 radical (unpaired) electrons. The van der Waals surface area contributed by atoms with Gasteiger partial charge in [0.15, 0.2) is 0 Å². The zero-order valence-corrected chi connectivity index (χ0v) is 14.4. The Hall–Kier alpha value is -1.26. The predicted octanol–water partition coefficient (Wildman–Crippen LogP) is 3.16. The molecule has 126 valence electrons. The molecule has 0 aliphatic carbocycles. The van der Waals surface area contributed by atoms with Crippen LogP contribution < -0.4 is 10.2 Å². The number of carbonyl (C=O) groups is 1. The van der Waals surface area contributed by atoms with E-state index in [-0.39, 0.29) is 12.0 Å². The van der Waals surface area contributed by atoms with Gasteiger partial charge in [-0.25, -0.2) is 0 Å². The summed E-state index contributed by atoms with van der Waals surface area (Å²) >= 11 is 6.12. The zero-order chi connectivity index (χ0) is 16.2. The number of benzene rings is 1. The number of anilines is 1. The summed E-state index contributed by atoms with van der Waals surface area (Å²) in [7, 11) is 0. The number of aryl methyl sites for hydroxylation is 1. The summed E-state index contributed by atoms with van der Waals surface area (Å²) in [5.41, 5.74) is 2.46. The Balaban J connectivity index is 1.46. The number of hydrogen-bond acceptors (Lipinski definition) is 3. The summed E-state index contributed by atoms with van der Waals surface area (Å²) in [4.78, 5) is 14.4. The average Bonchev–Trinajstić information content (AvgIpc) is 3.19. The summed E-state index contributed by atoms with van der Waals surface area (Å²) in [6.07, 6.45) is 3.83. The largest absolute Gasteiger partial charge is 0.378 e. The van der Waals surface area contributed by atoms with E-state index in [1.54, 1.807) is 0 Å². The Bertz CT molecular complexity index is 558. The van der Waals surface area contributed by atoms with Crippen molar-refractivity contribution < 1.29 is 9.53 Å². The number of hydrogen-bond donors (Lipinski definition) is 1. The van der Waals surface area contributed by atoms with E-state index in [1.807, 2.05) is 12.1 Å². The lowest BCUT2D eigenvalue weighted by molar-refractivity contribution is -0.123. The molecule has 2 atom stereocenters. The minimum atomic E-state index is 0.120. The van der Waals surface area contributed by atoms with Gasteiger partial charge in [-0.1, -0.05) is 17.7 Å². The molecule has 1 aromatic carbocycles. The fraction of sp³-hybridized carbons (Fsp3) is 0.611. The molecule has 0 unspecified atom stereocenters. The summed E-state index contributed by atoms with van der Waals surface area (Å²) in [6.45, 7) is 5.66. The molecule has 3 rings (SSSR count). The third-order valence-corrected chi connectivity index (χ3v) is 5.06. The number of nitrogens with zero attached hydrogens (tertiary/aromatic N) is 1. The van der Waals surface area contributed by atoms with Gasteiger partial charge in [0.25, 0.3) is 0 Å². The molecule has 4 nitrogen and oxygen atoms in total. The van der Waals surface area contributed by atoms with Crippen molar-refractivity contribution >= 4 is 23.2 Å². The number of halogens is 1.